The van der Waals surface area contributed by atoms with E-state index in [9.17, 15) is 9.18 Å². The van der Waals surface area contributed by atoms with Crippen molar-refractivity contribution in [1.29, 1.82) is 0 Å². The first-order chi connectivity index (χ1) is 15.6. The summed E-state index contributed by atoms with van der Waals surface area (Å²) in [5.41, 5.74) is 2.79. The molecule has 0 spiro atoms. The van der Waals surface area contributed by atoms with Crippen molar-refractivity contribution in [3.05, 3.63) is 71.6 Å². The zero-order valence-electron chi connectivity index (χ0n) is 17.8. The largest absolute Gasteiger partial charge is 0.342 e. The van der Waals surface area contributed by atoms with E-state index in [-0.39, 0.29) is 17.6 Å². The molecule has 1 fully saturated rings. The summed E-state index contributed by atoms with van der Waals surface area (Å²) in [5, 5.41) is 11.8. The monoisotopic (exact) mass is 433 g/mol. The summed E-state index contributed by atoms with van der Waals surface area (Å²) < 4.78 is 14.9. The number of H-pyrrole nitrogens is 1. The van der Waals surface area contributed by atoms with Crippen LogP contribution in [-0.2, 0) is 11.2 Å². The lowest BCUT2D eigenvalue weighted by Gasteiger charge is -2.34. The first-order valence-electron chi connectivity index (χ1n) is 10.8. The highest BCUT2D eigenvalue weighted by Gasteiger charge is 2.33. The highest BCUT2D eigenvalue weighted by Crippen LogP contribution is 2.29. The molecular formula is C23H24FN7O. The summed E-state index contributed by atoms with van der Waals surface area (Å²) >= 11 is 0. The lowest BCUT2D eigenvalue weighted by atomic mass is 9.96. The van der Waals surface area contributed by atoms with Gasteiger partial charge in [0.1, 0.15) is 23.5 Å². The molecule has 164 valence electrons. The Balaban J connectivity index is 1.39. The van der Waals surface area contributed by atoms with Gasteiger partial charge in [-0.3, -0.25) is 4.79 Å². The average Bonchev–Trinajstić information content (AvgIpc) is 3.44. The van der Waals surface area contributed by atoms with E-state index in [1.807, 2.05) is 29.2 Å². The van der Waals surface area contributed by atoms with Crippen molar-refractivity contribution in [3.63, 3.8) is 0 Å². The number of fused-ring (bicyclic) bond motifs is 1. The minimum atomic E-state index is -0.593. The molecule has 1 aliphatic heterocycles. The lowest BCUT2D eigenvalue weighted by Crippen LogP contribution is -2.44. The third-order valence-corrected chi connectivity index (χ3v) is 6.11. The van der Waals surface area contributed by atoms with Crippen LogP contribution < -0.4 is 0 Å². The van der Waals surface area contributed by atoms with E-state index in [4.69, 9.17) is 4.98 Å². The molecule has 9 heteroatoms. The van der Waals surface area contributed by atoms with Crippen molar-refractivity contribution in [3.8, 4) is 0 Å². The van der Waals surface area contributed by atoms with Gasteiger partial charge in [0.2, 0.25) is 5.91 Å². The molecule has 1 N–H and O–H groups in total. The fourth-order valence-electron chi connectivity index (χ4n) is 4.43. The number of rotatable bonds is 5. The van der Waals surface area contributed by atoms with E-state index in [1.54, 1.807) is 23.7 Å². The topological polar surface area (TPSA) is 92.6 Å². The molecular weight excluding hydrogens is 409 g/mol. The first-order valence-corrected chi connectivity index (χ1v) is 10.8. The molecule has 2 atom stereocenters. The van der Waals surface area contributed by atoms with Gasteiger partial charge in [0.05, 0.1) is 11.0 Å². The number of carbonyl (C=O) groups excluding carboxylic acids is 1. The number of tetrazole rings is 1. The Morgan fingerprint density at radius 2 is 2.03 bits per heavy atom. The van der Waals surface area contributed by atoms with Gasteiger partial charge in [0, 0.05) is 25.4 Å². The van der Waals surface area contributed by atoms with Crippen LogP contribution in [0, 0.1) is 12.7 Å². The highest BCUT2D eigenvalue weighted by atomic mass is 19.1. The molecule has 4 aromatic rings. The zero-order chi connectivity index (χ0) is 22.1. The summed E-state index contributed by atoms with van der Waals surface area (Å²) in [5.74, 6) is 1.28. The third kappa shape index (κ3) is 3.98. The van der Waals surface area contributed by atoms with Crippen molar-refractivity contribution in [1.82, 2.24) is 35.1 Å². The zero-order valence-corrected chi connectivity index (χ0v) is 17.8. The van der Waals surface area contributed by atoms with Gasteiger partial charge < -0.3 is 9.88 Å². The number of aryl methyl sites for hydroxylation is 1. The number of aromatic amines is 1. The van der Waals surface area contributed by atoms with Crippen LogP contribution in [0.25, 0.3) is 11.0 Å². The Bertz CT molecular complexity index is 1200. The van der Waals surface area contributed by atoms with Gasteiger partial charge in [-0.05, 0) is 60.0 Å². The highest BCUT2D eigenvalue weighted by molar-refractivity contribution is 5.81. The van der Waals surface area contributed by atoms with Crippen molar-refractivity contribution in [2.24, 2.45) is 0 Å². The van der Waals surface area contributed by atoms with Crippen LogP contribution in [-0.4, -0.2) is 54.1 Å². The molecule has 1 amide bonds. The average molecular weight is 433 g/mol. The first kappa shape index (κ1) is 20.3. The van der Waals surface area contributed by atoms with Crippen LogP contribution in [0.1, 0.15) is 42.0 Å². The van der Waals surface area contributed by atoms with E-state index in [1.165, 1.54) is 12.1 Å². The Morgan fingerprint density at radius 1 is 1.22 bits per heavy atom. The molecule has 0 aliphatic carbocycles. The number of para-hydroxylation sites is 2. The number of hydrogen-bond acceptors (Lipinski definition) is 5. The van der Waals surface area contributed by atoms with Gasteiger partial charge in [-0.25, -0.2) is 14.1 Å². The number of hydrogen-bond donors (Lipinski definition) is 1. The van der Waals surface area contributed by atoms with Gasteiger partial charge >= 0.3 is 0 Å². The minimum Gasteiger partial charge on any atom is -0.342 e. The summed E-state index contributed by atoms with van der Waals surface area (Å²) in [6.45, 7) is 3.04. The molecule has 32 heavy (non-hydrogen) atoms. The lowest BCUT2D eigenvalue weighted by molar-refractivity contribution is -0.136. The second-order valence-electron chi connectivity index (χ2n) is 8.28. The normalized spacial score (nSPS) is 17.6. The fraction of sp³-hybridized carbons (Fsp3) is 0.348. The van der Waals surface area contributed by atoms with Gasteiger partial charge in [-0.15, -0.1) is 5.10 Å². The number of imidazole rings is 1. The van der Waals surface area contributed by atoms with Crippen LogP contribution in [0.3, 0.4) is 0 Å². The minimum absolute atomic E-state index is 0.0365. The van der Waals surface area contributed by atoms with Gasteiger partial charge in [0.15, 0.2) is 0 Å². The number of nitrogens with zero attached hydrogens (tertiary/aromatic N) is 6. The summed E-state index contributed by atoms with van der Waals surface area (Å²) in [4.78, 5) is 23.7. The van der Waals surface area contributed by atoms with Crippen LogP contribution in [0.5, 0.6) is 0 Å². The molecule has 1 saturated heterocycles. The number of aromatic nitrogens is 6. The smallest absolute Gasteiger partial charge is 0.247 e. The Labute approximate surface area is 184 Å². The van der Waals surface area contributed by atoms with Crippen molar-refractivity contribution in [2.45, 2.75) is 38.1 Å². The summed E-state index contributed by atoms with van der Waals surface area (Å²) in [6.07, 6.45) is 2.25. The summed E-state index contributed by atoms with van der Waals surface area (Å²) in [6, 6.07) is 13.6. The molecule has 0 saturated carbocycles. The maximum absolute atomic E-state index is 13.7. The van der Waals surface area contributed by atoms with Gasteiger partial charge in [0.25, 0.3) is 0 Å². The summed E-state index contributed by atoms with van der Waals surface area (Å²) in [7, 11) is 0. The van der Waals surface area contributed by atoms with E-state index < -0.39 is 6.04 Å². The van der Waals surface area contributed by atoms with E-state index in [2.05, 4.69) is 20.5 Å². The van der Waals surface area contributed by atoms with Crippen molar-refractivity contribution in [2.75, 3.05) is 13.1 Å². The standard InChI is InChI=1S/C23H24FN7O/c1-15-27-28-29-31(15)21(13-16-8-10-18(24)11-9-16)23(32)30-12-4-5-17(14-30)22-25-19-6-2-3-7-20(19)26-22/h2-3,6-11,17,21H,4-5,12-14H2,1H3,(H,25,26)/t17-,21+/m0/s1. The number of carbonyl (C=O) groups is 1. The maximum Gasteiger partial charge on any atom is 0.247 e. The molecule has 2 aromatic heterocycles. The Morgan fingerprint density at radius 3 is 2.78 bits per heavy atom. The molecule has 8 nitrogen and oxygen atoms in total. The molecule has 2 aromatic carbocycles. The predicted octanol–water partition coefficient (Wildman–Crippen LogP) is 3.19. The maximum atomic E-state index is 13.7. The molecule has 0 bridgehead atoms. The number of amides is 1. The Hall–Kier alpha value is -3.62. The van der Waals surface area contributed by atoms with E-state index in [0.717, 1.165) is 35.3 Å². The second kappa shape index (κ2) is 8.49. The number of nitrogens with one attached hydrogen (secondary N) is 1. The van der Waals surface area contributed by atoms with Gasteiger partial charge in [-0.1, -0.05) is 24.3 Å². The molecule has 1 aliphatic rings. The van der Waals surface area contributed by atoms with Crippen molar-refractivity contribution >= 4 is 16.9 Å². The number of benzene rings is 2. The quantitative estimate of drug-likeness (QED) is 0.522. The van der Waals surface area contributed by atoms with Crippen LogP contribution >= 0.6 is 0 Å². The van der Waals surface area contributed by atoms with Crippen LogP contribution in [0.2, 0.25) is 0 Å². The Kier molecular flexibility index (Phi) is 5.38. The molecule has 0 radical (unpaired) electrons. The molecule has 5 rings (SSSR count). The predicted molar refractivity (Wildman–Crippen MR) is 116 cm³/mol. The molecule has 3 heterocycles. The van der Waals surface area contributed by atoms with Crippen molar-refractivity contribution < 1.29 is 9.18 Å². The van der Waals surface area contributed by atoms with E-state index in [0.29, 0.717) is 25.3 Å². The third-order valence-electron chi connectivity index (χ3n) is 6.11. The van der Waals surface area contributed by atoms with Crippen LogP contribution in [0.15, 0.2) is 48.5 Å². The van der Waals surface area contributed by atoms with E-state index >= 15 is 0 Å². The fourth-order valence-corrected chi connectivity index (χ4v) is 4.43. The van der Waals surface area contributed by atoms with Crippen LogP contribution in [0.4, 0.5) is 4.39 Å². The number of likely N-dealkylation sites (tertiary alicyclic amines) is 1. The SMILES string of the molecule is Cc1nnnn1[C@H](Cc1ccc(F)cc1)C(=O)N1CCC[C@H](c2nc3ccccc3[nH]2)C1. The molecule has 0 unspecified atom stereocenters. The second-order valence-corrected chi connectivity index (χ2v) is 8.28. The number of halogens is 1. The van der Waals surface area contributed by atoms with Gasteiger partial charge in [-0.2, -0.15) is 0 Å². The number of piperidine rings is 1.